The molecule has 1 aromatic heterocycles. The van der Waals surface area contributed by atoms with Crippen LogP contribution in [0.25, 0.3) is 11.4 Å². The van der Waals surface area contributed by atoms with Gasteiger partial charge in [0.15, 0.2) is 5.82 Å². The molecule has 0 unspecified atom stereocenters. The van der Waals surface area contributed by atoms with E-state index in [-0.39, 0.29) is 16.9 Å². The van der Waals surface area contributed by atoms with E-state index in [9.17, 15) is 8.78 Å². The zero-order valence-corrected chi connectivity index (χ0v) is 15.1. The lowest BCUT2D eigenvalue weighted by molar-refractivity contribution is 0.251. The number of nitrogens with zero attached hydrogens (tertiary/aromatic N) is 4. The minimum absolute atomic E-state index is 0.0193. The second kappa shape index (κ2) is 8.29. The number of alkyl halides is 2. The van der Waals surface area contributed by atoms with E-state index in [0.717, 1.165) is 0 Å². The minimum atomic E-state index is -2.64. The van der Waals surface area contributed by atoms with E-state index in [1.165, 1.54) is 10.9 Å². The number of halogens is 3. The average molecular weight is 395 g/mol. The van der Waals surface area contributed by atoms with E-state index in [2.05, 4.69) is 15.3 Å². The first-order chi connectivity index (χ1) is 12.6. The number of hydrogen-bond donors (Lipinski definition) is 0. The summed E-state index contributed by atoms with van der Waals surface area (Å²) < 4.78 is 32.0. The summed E-state index contributed by atoms with van der Waals surface area (Å²) in [6.07, 6.45) is 1.48. The van der Waals surface area contributed by atoms with Crippen molar-refractivity contribution in [2.75, 3.05) is 7.11 Å². The molecule has 0 radical (unpaired) electrons. The summed E-state index contributed by atoms with van der Waals surface area (Å²) in [6, 6.07) is 14.1. The lowest BCUT2D eigenvalue weighted by atomic mass is 10.2. The first kappa shape index (κ1) is 18.3. The van der Waals surface area contributed by atoms with Crippen LogP contribution in [-0.2, 0) is 0 Å². The number of thioether (sulfide) groups is 1. The van der Waals surface area contributed by atoms with E-state index in [0.29, 0.717) is 27.7 Å². The third-order valence-corrected chi connectivity index (χ3v) is 4.36. The molecule has 0 aliphatic carbocycles. The highest BCUT2D eigenvalue weighted by Crippen LogP contribution is 2.28. The SMILES string of the molecule is COc1ccc(-c2nnc(SC(F)F)n2/N=C\c2ccccc2Cl)cc1. The third-order valence-electron chi connectivity index (χ3n) is 3.37. The Morgan fingerprint density at radius 1 is 1.15 bits per heavy atom. The van der Waals surface area contributed by atoms with Crippen LogP contribution in [-0.4, -0.2) is 34.0 Å². The summed E-state index contributed by atoms with van der Waals surface area (Å²) in [4.78, 5) is 0. The van der Waals surface area contributed by atoms with Crippen molar-refractivity contribution in [3.8, 4) is 17.1 Å². The Labute approximate surface area is 157 Å². The Balaban J connectivity index is 2.02. The number of hydrogen-bond acceptors (Lipinski definition) is 5. The minimum Gasteiger partial charge on any atom is -0.497 e. The number of methoxy groups -OCH3 is 1. The monoisotopic (exact) mass is 394 g/mol. The molecule has 0 saturated heterocycles. The molecule has 9 heteroatoms. The van der Waals surface area contributed by atoms with Crippen LogP contribution in [0.1, 0.15) is 5.56 Å². The van der Waals surface area contributed by atoms with Crippen LogP contribution >= 0.6 is 23.4 Å². The van der Waals surface area contributed by atoms with Gasteiger partial charge >= 0.3 is 0 Å². The second-order valence-corrected chi connectivity index (χ2v) is 6.36. The molecule has 134 valence electrons. The van der Waals surface area contributed by atoms with Gasteiger partial charge in [0.2, 0.25) is 5.16 Å². The molecule has 2 aromatic carbocycles. The van der Waals surface area contributed by atoms with Crippen molar-refractivity contribution in [2.24, 2.45) is 5.10 Å². The Bertz CT molecular complexity index is 915. The average Bonchev–Trinajstić information content (AvgIpc) is 3.03. The standard InChI is InChI=1S/C17H13ClF2N4OS/c1-25-13-8-6-11(7-9-13)15-22-23-17(26-16(19)20)24(15)21-10-12-4-2-3-5-14(12)18/h2-10,16H,1H3/b21-10-. The molecule has 0 spiro atoms. The summed E-state index contributed by atoms with van der Waals surface area (Å²) in [5.41, 5.74) is 1.31. The molecule has 0 amide bonds. The highest BCUT2D eigenvalue weighted by molar-refractivity contribution is 7.99. The number of rotatable bonds is 6. The first-order valence-electron chi connectivity index (χ1n) is 7.42. The normalized spacial score (nSPS) is 11.4. The molecule has 3 aromatic rings. The maximum absolute atomic E-state index is 12.8. The van der Waals surface area contributed by atoms with Crippen LogP contribution < -0.4 is 4.74 Å². The van der Waals surface area contributed by atoms with E-state index in [4.69, 9.17) is 16.3 Å². The summed E-state index contributed by atoms with van der Waals surface area (Å²) in [5.74, 6) is -1.64. The molecule has 0 saturated carbocycles. The van der Waals surface area contributed by atoms with E-state index in [1.54, 1.807) is 55.6 Å². The van der Waals surface area contributed by atoms with E-state index >= 15 is 0 Å². The molecule has 0 atom stereocenters. The predicted molar refractivity (Wildman–Crippen MR) is 98.3 cm³/mol. The molecular weight excluding hydrogens is 382 g/mol. The van der Waals surface area contributed by atoms with Crippen LogP contribution in [0.2, 0.25) is 5.02 Å². The van der Waals surface area contributed by atoms with Gasteiger partial charge in [-0.3, -0.25) is 0 Å². The van der Waals surface area contributed by atoms with Gasteiger partial charge in [0.05, 0.1) is 13.3 Å². The molecule has 0 bridgehead atoms. The van der Waals surface area contributed by atoms with Crippen molar-refractivity contribution >= 4 is 29.6 Å². The molecule has 0 aliphatic rings. The number of ether oxygens (including phenoxy) is 1. The van der Waals surface area contributed by atoms with Crippen molar-refractivity contribution in [1.29, 1.82) is 0 Å². The van der Waals surface area contributed by atoms with Crippen molar-refractivity contribution in [3.05, 3.63) is 59.1 Å². The van der Waals surface area contributed by atoms with Crippen LogP contribution in [0.15, 0.2) is 58.8 Å². The van der Waals surface area contributed by atoms with Crippen LogP contribution in [0.5, 0.6) is 5.75 Å². The fourth-order valence-electron chi connectivity index (χ4n) is 2.14. The highest BCUT2D eigenvalue weighted by atomic mass is 35.5. The Hall–Kier alpha value is -2.45. The zero-order chi connectivity index (χ0) is 18.5. The van der Waals surface area contributed by atoms with E-state index < -0.39 is 5.76 Å². The summed E-state index contributed by atoms with van der Waals surface area (Å²) in [6.45, 7) is 0. The Kier molecular flexibility index (Phi) is 5.85. The molecule has 26 heavy (non-hydrogen) atoms. The molecular formula is C17H13ClF2N4OS. The fourth-order valence-corrected chi connectivity index (χ4v) is 2.81. The highest BCUT2D eigenvalue weighted by Gasteiger charge is 2.18. The molecule has 0 N–H and O–H groups in total. The molecule has 3 rings (SSSR count). The summed E-state index contributed by atoms with van der Waals surface area (Å²) in [5, 5.41) is 12.6. The molecule has 1 heterocycles. The van der Waals surface area contributed by atoms with Gasteiger partial charge in [0.25, 0.3) is 5.76 Å². The molecule has 5 nitrogen and oxygen atoms in total. The van der Waals surface area contributed by atoms with Gasteiger partial charge in [-0.15, -0.1) is 10.2 Å². The van der Waals surface area contributed by atoms with Crippen molar-refractivity contribution < 1.29 is 13.5 Å². The van der Waals surface area contributed by atoms with Crippen molar-refractivity contribution in [1.82, 2.24) is 14.9 Å². The van der Waals surface area contributed by atoms with Gasteiger partial charge < -0.3 is 4.74 Å². The van der Waals surface area contributed by atoms with Crippen molar-refractivity contribution in [2.45, 2.75) is 10.9 Å². The fraction of sp³-hybridized carbons (Fsp3) is 0.118. The topological polar surface area (TPSA) is 52.3 Å². The van der Waals surface area contributed by atoms with Gasteiger partial charge in [0.1, 0.15) is 5.75 Å². The number of aromatic nitrogens is 3. The van der Waals surface area contributed by atoms with Gasteiger partial charge in [-0.1, -0.05) is 29.8 Å². The van der Waals surface area contributed by atoms with Gasteiger partial charge in [-0.05, 0) is 42.1 Å². The third kappa shape index (κ3) is 4.20. The number of benzene rings is 2. The van der Waals surface area contributed by atoms with Gasteiger partial charge in [-0.2, -0.15) is 18.6 Å². The predicted octanol–water partition coefficient (Wildman–Crippen LogP) is 4.80. The largest absolute Gasteiger partial charge is 0.497 e. The molecule has 0 aliphatic heterocycles. The smallest absolute Gasteiger partial charge is 0.291 e. The van der Waals surface area contributed by atoms with E-state index in [1.807, 2.05) is 0 Å². The Morgan fingerprint density at radius 2 is 1.88 bits per heavy atom. The van der Waals surface area contributed by atoms with Crippen LogP contribution in [0.3, 0.4) is 0 Å². The summed E-state index contributed by atoms with van der Waals surface area (Å²) >= 11 is 6.38. The van der Waals surface area contributed by atoms with Crippen LogP contribution in [0, 0.1) is 0 Å². The first-order valence-corrected chi connectivity index (χ1v) is 8.68. The zero-order valence-electron chi connectivity index (χ0n) is 13.5. The lowest BCUT2D eigenvalue weighted by Gasteiger charge is -2.05. The van der Waals surface area contributed by atoms with Gasteiger partial charge in [0, 0.05) is 16.1 Å². The lowest BCUT2D eigenvalue weighted by Crippen LogP contribution is -1.98. The quantitative estimate of drug-likeness (QED) is 0.445. The van der Waals surface area contributed by atoms with Crippen molar-refractivity contribution in [3.63, 3.8) is 0 Å². The summed E-state index contributed by atoms with van der Waals surface area (Å²) in [7, 11) is 1.56. The Morgan fingerprint density at radius 3 is 2.54 bits per heavy atom. The van der Waals surface area contributed by atoms with Crippen LogP contribution in [0.4, 0.5) is 8.78 Å². The second-order valence-electron chi connectivity index (χ2n) is 4.99. The maximum atomic E-state index is 12.8. The maximum Gasteiger partial charge on any atom is 0.291 e. The van der Waals surface area contributed by atoms with Gasteiger partial charge in [-0.25, -0.2) is 0 Å². The molecule has 0 fully saturated rings.